The summed E-state index contributed by atoms with van der Waals surface area (Å²) in [5.41, 5.74) is 1.58. The van der Waals surface area contributed by atoms with Crippen molar-refractivity contribution in [2.45, 2.75) is 0 Å². The van der Waals surface area contributed by atoms with Crippen LogP contribution in [0.5, 0.6) is 0 Å². The fraction of sp³-hybridized carbons (Fsp3) is 0. The van der Waals surface area contributed by atoms with E-state index in [9.17, 15) is 14.3 Å². The molecule has 1 N–H and O–H groups in total. The van der Waals surface area contributed by atoms with Crippen LogP contribution in [0.4, 0.5) is 4.39 Å². The summed E-state index contributed by atoms with van der Waals surface area (Å²) in [6, 6.07) is 12.3. The second-order valence-electron chi connectivity index (χ2n) is 4.50. The van der Waals surface area contributed by atoms with Gasteiger partial charge < -0.3 is 5.11 Å². The van der Waals surface area contributed by atoms with Crippen LogP contribution >= 0.6 is 11.6 Å². The zero-order chi connectivity index (χ0) is 15.0. The first-order valence-corrected chi connectivity index (χ1v) is 6.52. The molecule has 0 aliphatic rings. The Kier molecular flexibility index (Phi) is 3.31. The number of carboxylic acids is 1. The number of nitrogens with zero attached hydrogens (tertiary/aromatic N) is 1. The number of aromatic nitrogens is 1. The standard InChI is InChI=1S/C16H9ClFNO2/c17-13-7-9(18)5-6-11(13)15-8-12(16(20)21)10-3-1-2-4-14(10)19-15/h1-8H,(H,20,21). The Labute approximate surface area is 124 Å². The molecule has 3 rings (SSSR count). The van der Waals surface area contributed by atoms with Crippen LogP contribution in [0.1, 0.15) is 10.4 Å². The first-order valence-electron chi connectivity index (χ1n) is 6.15. The molecule has 0 fully saturated rings. The summed E-state index contributed by atoms with van der Waals surface area (Å²) in [6.07, 6.45) is 0. The predicted molar refractivity (Wildman–Crippen MR) is 79.1 cm³/mol. The molecular formula is C16H9ClFNO2. The van der Waals surface area contributed by atoms with Crippen molar-refractivity contribution in [2.75, 3.05) is 0 Å². The van der Waals surface area contributed by atoms with Gasteiger partial charge in [-0.05, 0) is 30.3 Å². The summed E-state index contributed by atoms with van der Waals surface area (Å²) in [6.45, 7) is 0. The molecule has 0 aliphatic heterocycles. The van der Waals surface area contributed by atoms with Gasteiger partial charge in [0.1, 0.15) is 5.82 Å². The number of fused-ring (bicyclic) bond motifs is 1. The van der Waals surface area contributed by atoms with Gasteiger partial charge in [-0.25, -0.2) is 14.2 Å². The Bertz CT molecular complexity index is 864. The van der Waals surface area contributed by atoms with Gasteiger partial charge in [-0.1, -0.05) is 29.8 Å². The fourth-order valence-electron chi connectivity index (χ4n) is 2.19. The van der Waals surface area contributed by atoms with E-state index in [1.165, 1.54) is 24.3 Å². The minimum absolute atomic E-state index is 0.135. The van der Waals surface area contributed by atoms with Crippen LogP contribution in [-0.4, -0.2) is 16.1 Å². The predicted octanol–water partition coefficient (Wildman–Crippen LogP) is 4.39. The van der Waals surface area contributed by atoms with Gasteiger partial charge in [-0.3, -0.25) is 0 Å². The van der Waals surface area contributed by atoms with E-state index in [4.69, 9.17) is 11.6 Å². The summed E-state index contributed by atoms with van der Waals surface area (Å²) in [7, 11) is 0. The molecule has 0 radical (unpaired) electrons. The van der Waals surface area contributed by atoms with E-state index in [0.29, 0.717) is 22.2 Å². The van der Waals surface area contributed by atoms with Gasteiger partial charge in [-0.15, -0.1) is 0 Å². The molecule has 0 amide bonds. The maximum atomic E-state index is 13.1. The molecule has 0 atom stereocenters. The van der Waals surface area contributed by atoms with E-state index in [-0.39, 0.29) is 10.6 Å². The highest BCUT2D eigenvalue weighted by Gasteiger charge is 2.14. The van der Waals surface area contributed by atoms with Crippen LogP contribution in [0.3, 0.4) is 0 Å². The van der Waals surface area contributed by atoms with Crippen LogP contribution in [0.15, 0.2) is 48.5 Å². The van der Waals surface area contributed by atoms with Crippen LogP contribution in [0, 0.1) is 5.82 Å². The normalized spacial score (nSPS) is 10.8. The van der Waals surface area contributed by atoms with Crippen LogP contribution in [0.2, 0.25) is 5.02 Å². The average molecular weight is 302 g/mol. The lowest BCUT2D eigenvalue weighted by Crippen LogP contribution is -2.00. The number of hydrogen-bond acceptors (Lipinski definition) is 2. The Morgan fingerprint density at radius 3 is 2.62 bits per heavy atom. The second kappa shape index (κ2) is 5.14. The number of hydrogen-bond donors (Lipinski definition) is 1. The summed E-state index contributed by atoms with van der Waals surface area (Å²) >= 11 is 6.02. The topological polar surface area (TPSA) is 50.2 Å². The van der Waals surface area contributed by atoms with E-state index in [2.05, 4.69) is 4.98 Å². The third-order valence-electron chi connectivity index (χ3n) is 3.15. The molecule has 0 bridgehead atoms. The summed E-state index contributed by atoms with van der Waals surface area (Å²) in [5.74, 6) is -1.50. The average Bonchev–Trinajstić information content (AvgIpc) is 2.46. The fourth-order valence-corrected chi connectivity index (χ4v) is 2.45. The molecule has 0 spiro atoms. The number of pyridine rings is 1. The molecule has 0 saturated heterocycles. The Morgan fingerprint density at radius 1 is 1.14 bits per heavy atom. The smallest absolute Gasteiger partial charge is 0.336 e. The number of aromatic carboxylic acids is 1. The second-order valence-corrected chi connectivity index (χ2v) is 4.91. The van der Waals surface area contributed by atoms with E-state index < -0.39 is 11.8 Å². The summed E-state index contributed by atoms with van der Waals surface area (Å²) in [4.78, 5) is 15.8. The summed E-state index contributed by atoms with van der Waals surface area (Å²) in [5, 5.41) is 10.1. The molecular weight excluding hydrogens is 293 g/mol. The van der Waals surface area contributed by atoms with Crippen molar-refractivity contribution in [1.29, 1.82) is 0 Å². The molecule has 21 heavy (non-hydrogen) atoms. The van der Waals surface area contributed by atoms with Gasteiger partial charge in [0.15, 0.2) is 0 Å². The quantitative estimate of drug-likeness (QED) is 0.763. The highest BCUT2D eigenvalue weighted by molar-refractivity contribution is 6.33. The SMILES string of the molecule is O=C(O)c1cc(-c2ccc(F)cc2Cl)nc2ccccc12. The van der Waals surface area contributed by atoms with Crippen molar-refractivity contribution in [2.24, 2.45) is 0 Å². The van der Waals surface area contributed by atoms with Crippen molar-refractivity contribution in [3.63, 3.8) is 0 Å². The number of halogens is 2. The zero-order valence-electron chi connectivity index (χ0n) is 10.7. The van der Waals surface area contributed by atoms with Crippen molar-refractivity contribution < 1.29 is 14.3 Å². The lowest BCUT2D eigenvalue weighted by molar-refractivity contribution is 0.0699. The highest BCUT2D eigenvalue weighted by atomic mass is 35.5. The summed E-state index contributed by atoms with van der Waals surface area (Å²) < 4.78 is 13.1. The molecule has 1 aromatic heterocycles. The minimum atomic E-state index is -1.05. The number of benzene rings is 2. The monoisotopic (exact) mass is 301 g/mol. The number of carboxylic acid groups (broad SMARTS) is 1. The molecule has 0 unspecified atom stereocenters. The third-order valence-corrected chi connectivity index (χ3v) is 3.47. The minimum Gasteiger partial charge on any atom is -0.478 e. The lowest BCUT2D eigenvalue weighted by atomic mass is 10.0. The van der Waals surface area contributed by atoms with Crippen molar-refractivity contribution in [1.82, 2.24) is 4.98 Å². The van der Waals surface area contributed by atoms with Crippen LogP contribution in [0.25, 0.3) is 22.2 Å². The van der Waals surface area contributed by atoms with E-state index in [0.717, 1.165) is 0 Å². The lowest BCUT2D eigenvalue weighted by Gasteiger charge is -2.08. The van der Waals surface area contributed by atoms with E-state index in [1.54, 1.807) is 24.3 Å². The van der Waals surface area contributed by atoms with Crippen molar-refractivity contribution in [3.05, 3.63) is 64.9 Å². The highest BCUT2D eigenvalue weighted by Crippen LogP contribution is 2.30. The first kappa shape index (κ1) is 13.5. The van der Waals surface area contributed by atoms with Gasteiger partial charge in [0, 0.05) is 10.9 Å². The van der Waals surface area contributed by atoms with Gasteiger partial charge in [-0.2, -0.15) is 0 Å². The van der Waals surface area contributed by atoms with E-state index >= 15 is 0 Å². The molecule has 2 aromatic carbocycles. The molecule has 0 aliphatic carbocycles. The number of carbonyl (C=O) groups is 1. The Morgan fingerprint density at radius 2 is 1.90 bits per heavy atom. The van der Waals surface area contributed by atoms with Crippen LogP contribution in [-0.2, 0) is 0 Å². The van der Waals surface area contributed by atoms with Gasteiger partial charge in [0.2, 0.25) is 0 Å². The molecule has 3 nitrogen and oxygen atoms in total. The maximum Gasteiger partial charge on any atom is 0.336 e. The largest absolute Gasteiger partial charge is 0.478 e. The molecule has 5 heteroatoms. The Hall–Kier alpha value is -2.46. The molecule has 1 heterocycles. The van der Waals surface area contributed by atoms with Gasteiger partial charge in [0.25, 0.3) is 0 Å². The third kappa shape index (κ3) is 2.45. The van der Waals surface area contributed by atoms with Crippen molar-refractivity contribution in [3.8, 4) is 11.3 Å². The van der Waals surface area contributed by atoms with Crippen molar-refractivity contribution >= 4 is 28.5 Å². The Balaban J connectivity index is 2.31. The van der Waals surface area contributed by atoms with Crippen LogP contribution < -0.4 is 0 Å². The number of para-hydroxylation sites is 1. The molecule has 104 valence electrons. The zero-order valence-corrected chi connectivity index (χ0v) is 11.4. The maximum absolute atomic E-state index is 13.1. The van der Waals surface area contributed by atoms with E-state index in [1.807, 2.05) is 0 Å². The van der Waals surface area contributed by atoms with Gasteiger partial charge in [0.05, 0.1) is 21.8 Å². The number of rotatable bonds is 2. The first-order chi connectivity index (χ1) is 10.1. The molecule has 3 aromatic rings. The molecule has 0 saturated carbocycles. The van der Waals surface area contributed by atoms with Gasteiger partial charge >= 0.3 is 5.97 Å².